The molecule has 1 N–H and O–H groups in total. The molecule has 0 bridgehead atoms. The van der Waals surface area contributed by atoms with Gasteiger partial charge in [0.25, 0.3) is 0 Å². The number of hydrogen-bond donors (Lipinski definition) is 1. The van der Waals surface area contributed by atoms with Crippen LogP contribution in [0, 0.1) is 6.92 Å². The van der Waals surface area contributed by atoms with Gasteiger partial charge in [0.2, 0.25) is 5.91 Å². The van der Waals surface area contributed by atoms with Crippen molar-refractivity contribution in [1.82, 2.24) is 4.98 Å². The molecule has 1 aromatic heterocycles. The molecule has 0 spiro atoms. The van der Waals surface area contributed by atoms with E-state index in [4.69, 9.17) is 23.2 Å². The Balaban J connectivity index is 2.52. The molecule has 0 aliphatic heterocycles. The van der Waals surface area contributed by atoms with E-state index in [2.05, 4.69) is 10.3 Å². The van der Waals surface area contributed by atoms with Crippen molar-refractivity contribution in [2.75, 3.05) is 11.2 Å². The van der Waals surface area contributed by atoms with E-state index in [0.717, 1.165) is 16.5 Å². The Morgan fingerprint density at radius 2 is 2.28 bits per heavy atom. The highest BCUT2D eigenvalue weighted by atomic mass is 35.5. The molecule has 1 heterocycles. The molecule has 0 radical (unpaired) electrons. The van der Waals surface area contributed by atoms with Crippen molar-refractivity contribution in [3.05, 3.63) is 35.0 Å². The van der Waals surface area contributed by atoms with Gasteiger partial charge in [-0.25, -0.2) is 0 Å². The first-order valence-electron chi connectivity index (χ1n) is 5.53. The van der Waals surface area contributed by atoms with E-state index in [9.17, 15) is 4.79 Å². The van der Waals surface area contributed by atoms with Gasteiger partial charge in [0, 0.05) is 23.9 Å². The topological polar surface area (TPSA) is 42.0 Å². The number of anilines is 1. The van der Waals surface area contributed by atoms with Crippen LogP contribution in [0.1, 0.15) is 12.0 Å². The molecule has 0 aliphatic rings. The molecule has 1 aromatic carbocycles. The molecular formula is C13H12Cl2N2O. The zero-order valence-electron chi connectivity index (χ0n) is 9.84. The SMILES string of the molecule is Cc1cc(Cl)c(NC(=O)CCCl)c2cccnc12. The molecule has 0 aliphatic carbocycles. The van der Waals surface area contributed by atoms with Crippen LogP contribution in [-0.2, 0) is 4.79 Å². The first-order chi connectivity index (χ1) is 8.63. The van der Waals surface area contributed by atoms with Gasteiger partial charge < -0.3 is 5.32 Å². The first kappa shape index (κ1) is 13.1. The van der Waals surface area contributed by atoms with Gasteiger partial charge in [-0.05, 0) is 30.7 Å². The molecule has 0 atom stereocenters. The summed E-state index contributed by atoms with van der Waals surface area (Å²) in [6.45, 7) is 1.94. The largest absolute Gasteiger partial charge is 0.324 e. The molecule has 3 nitrogen and oxygen atoms in total. The highest BCUT2D eigenvalue weighted by Gasteiger charge is 2.12. The lowest BCUT2D eigenvalue weighted by Crippen LogP contribution is -2.12. The number of pyridine rings is 1. The fourth-order valence-corrected chi connectivity index (χ4v) is 2.28. The number of aryl methyl sites for hydroxylation is 1. The summed E-state index contributed by atoms with van der Waals surface area (Å²) in [6.07, 6.45) is 1.97. The summed E-state index contributed by atoms with van der Waals surface area (Å²) in [7, 11) is 0. The number of fused-ring (bicyclic) bond motifs is 1. The molecule has 18 heavy (non-hydrogen) atoms. The smallest absolute Gasteiger partial charge is 0.225 e. The molecule has 5 heteroatoms. The Labute approximate surface area is 115 Å². The number of halogens is 2. The quantitative estimate of drug-likeness (QED) is 0.871. The molecule has 0 unspecified atom stereocenters. The Bertz CT molecular complexity index is 599. The molecular weight excluding hydrogens is 271 g/mol. The van der Waals surface area contributed by atoms with E-state index in [0.29, 0.717) is 10.7 Å². The molecule has 1 amide bonds. The van der Waals surface area contributed by atoms with E-state index in [1.54, 1.807) is 12.3 Å². The molecule has 94 valence electrons. The number of hydrogen-bond acceptors (Lipinski definition) is 2. The van der Waals surface area contributed by atoms with Gasteiger partial charge in [0.05, 0.1) is 16.2 Å². The zero-order chi connectivity index (χ0) is 13.1. The van der Waals surface area contributed by atoms with Crippen LogP contribution in [0.2, 0.25) is 5.02 Å². The number of rotatable bonds is 3. The van der Waals surface area contributed by atoms with Crippen LogP contribution in [0.5, 0.6) is 0 Å². The van der Waals surface area contributed by atoms with Gasteiger partial charge in [0.1, 0.15) is 0 Å². The summed E-state index contributed by atoms with van der Waals surface area (Å²) >= 11 is 11.7. The van der Waals surface area contributed by atoms with Crippen LogP contribution in [-0.4, -0.2) is 16.8 Å². The molecule has 2 aromatic rings. The summed E-state index contributed by atoms with van der Waals surface area (Å²) in [5.41, 5.74) is 2.41. The predicted molar refractivity (Wildman–Crippen MR) is 75.5 cm³/mol. The Morgan fingerprint density at radius 3 is 3.00 bits per heavy atom. The lowest BCUT2D eigenvalue weighted by Gasteiger charge is -2.11. The normalized spacial score (nSPS) is 10.6. The zero-order valence-corrected chi connectivity index (χ0v) is 11.3. The van der Waals surface area contributed by atoms with Crippen molar-refractivity contribution in [1.29, 1.82) is 0 Å². The highest BCUT2D eigenvalue weighted by Crippen LogP contribution is 2.32. The number of benzene rings is 1. The predicted octanol–water partition coefficient (Wildman–Crippen LogP) is 3.76. The Kier molecular flexibility index (Phi) is 4.04. The minimum Gasteiger partial charge on any atom is -0.324 e. The van der Waals surface area contributed by atoms with Crippen LogP contribution in [0.3, 0.4) is 0 Å². The average Bonchev–Trinajstić information content (AvgIpc) is 2.35. The van der Waals surface area contributed by atoms with Crippen molar-refractivity contribution >= 4 is 45.7 Å². The third kappa shape index (κ3) is 2.57. The summed E-state index contributed by atoms with van der Waals surface area (Å²) < 4.78 is 0. The summed E-state index contributed by atoms with van der Waals surface area (Å²) in [6, 6.07) is 5.50. The molecule has 0 fully saturated rings. The van der Waals surface area contributed by atoms with Gasteiger partial charge in [-0.1, -0.05) is 11.6 Å². The standard InChI is InChI=1S/C13H12Cl2N2O/c1-8-7-10(15)13(17-11(18)4-5-14)9-3-2-6-16-12(8)9/h2-3,6-7H,4-5H2,1H3,(H,17,18). The van der Waals surface area contributed by atoms with Crippen LogP contribution in [0.15, 0.2) is 24.4 Å². The number of nitrogens with one attached hydrogen (secondary N) is 1. The number of carbonyl (C=O) groups excluding carboxylic acids is 1. The highest BCUT2D eigenvalue weighted by molar-refractivity contribution is 6.35. The number of carbonyl (C=O) groups is 1. The summed E-state index contributed by atoms with van der Waals surface area (Å²) in [5.74, 6) is 0.131. The number of aromatic nitrogens is 1. The maximum absolute atomic E-state index is 11.6. The number of alkyl halides is 1. The second-order valence-corrected chi connectivity index (χ2v) is 4.72. The lowest BCUT2D eigenvalue weighted by atomic mass is 10.1. The third-order valence-corrected chi connectivity index (χ3v) is 3.11. The maximum Gasteiger partial charge on any atom is 0.225 e. The summed E-state index contributed by atoms with van der Waals surface area (Å²) in [4.78, 5) is 15.9. The van der Waals surface area contributed by atoms with Gasteiger partial charge in [-0.2, -0.15) is 0 Å². The fraction of sp³-hybridized carbons (Fsp3) is 0.231. The van der Waals surface area contributed by atoms with Crippen molar-refractivity contribution in [3.63, 3.8) is 0 Å². The third-order valence-electron chi connectivity index (χ3n) is 2.62. The molecule has 2 rings (SSSR count). The molecule has 0 saturated carbocycles. The van der Waals surface area contributed by atoms with Crippen molar-refractivity contribution in [2.24, 2.45) is 0 Å². The van der Waals surface area contributed by atoms with Gasteiger partial charge >= 0.3 is 0 Å². The monoisotopic (exact) mass is 282 g/mol. The second kappa shape index (κ2) is 5.55. The van der Waals surface area contributed by atoms with E-state index < -0.39 is 0 Å². The van der Waals surface area contributed by atoms with Crippen LogP contribution in [0.25, 0.3) is 10.9 Å². The van der Waals surface area contributed by atoms with Gasteiger partial charge in [0.15, 0.2) is 0 Å². The van der Waals surface area contributed by atoms with Gasteiger partial charge in [-0.15, -0.1) is 11.6 Å². The van der Waals surface area contributed by atoms with Crippen molar-refractivity contribution in [3.8, 4) is 0 Å². The maximum atomic E-state index is 11.6. The number of nitrogens with zero attached hydrogens (tertiary/aromatic N) is 1. The average molecular weight is 283 g/mol. The van der Waals surface area contributed by atoms with Crippen molar-refractivity contribution < 1.29 is 4.79 Å². The van der Waals surface area contributed by atoms with Crippen molar-refractivity contribution in [2.45, 2.75) is 13.3 Å². The van der Waals surface area contributed by atoms with E-state index in [1.807, 2.05) is 19.1 Å². The minimum absolute atomic E-state index is 0.152. The number of amides is 1. The Morgan fingerprint density at radius 1 is 1.50 bits per heavy atom. The first-order valence-corrected chi connectivity index (χ1v) is 6.44. The summed E-state index contributed by atoms with van der Waals surface area (Å²) in [5, 5.41) is 4.13. The minimum atomic E-state index is -0.152. The van der Waals surface area contributed by atoms with Crippen LogP contribution in [0.4, 0.5) is 5.69 Å². The fourth-order valence-electron chi connectivity index (χ4n) is 1.80. The van der Waals surface area contributed by atoms with E-state index >= 15 is 0 Å². The second-order valence-electron chi connectivity index (χ2n) is 3.94. The van der Waals surface area contributed by atoms with E-state index in [1.165, 1.54) is 0 Å². The van der Waals surface area contributed by atoms with E-state index in [-0.39, 0.29) is 18.2 Å². The van der Waals surface area contributed by atoms with Crippen LogP contribution >= 0.6 is 23.2 Å². The van der Waals surface area contributed by atoms with Crippen LogP contribution < -0.4 is 5.32 Å². The lowest BCUT2D eigenvalue weighted by molar-refractivity contribution is -0.115. The van der Waals surface area contributed by atoms with Gasteiger partial charge in [-0.3, -0.25) is 9.78 Å². The molecule has 0 saturated heterocycles. The Hall–Kier alpha value is -1.32.